The van der Waals surface area contributed by atoms with Gasteiger partial charge in [-0.3, -0.25) is 0 Å². The average molecular weight is 565 g/mol. The van der Waals surface area contributed by atoms with Crippen LogP contribution in [0.4, 0.5) is 5.13 Å². The molecule has 0 saturated heterocycles. The van der Waals surface area contributed by atoms with E-state index in [1.54, 1.807) is 0 Å². The number of benzene rings is 2. The number of nitrogens with one attached hydrogen (secondary N) is 1. The van der Waals surface area contributed by atoms with E-state index in [0.717, 1.165) is 36.9 Å². The number of hydrogen-bond acceptors (Lipinski definition) is 10. The summed E-state index contributed by atoms with van der Waals surface area (Å²) in [6.07, 6.45) is 0.717. The van der Waals surface area contributed by atoms with E-state index in [0.29, 0.717) is 18.3 Å². The first kappa shape index (κ1) is 23.9. The molecule has 2 aromatic carbocycles. The first-order chi connectivity index (χ1) is 16.1. The van der Waals surface area contributed by atoms with Gasteiger partial charge >= 0.3 is 0 Å². The van der Waals surface area contributed by atoms with E-state index in [1.165, 1.54) is 28.2 Å². The second kappa shape index (κ2) is 11.8. The average Bonchev–Trinajstić information content (AvgIpc) is 3.46. The predicted molar refractivity (Wildman–Crippen MR) is 139 cm³/mol. The minimum Gasteiger partial charge on any atom is -0.473 e. The van der Waals surface area contributed by atoms with Gasteiger partial charge in [0, 0.05) is 10.9 Å². The minimum absolute atomic E-state index is 0.148. The van der Waals surface area contributed by atoms with Crippen LogP contribution < -0.4 is 14.8 Å². The Kier molecular flexibility index (Phi) is 8.54. The largest absolute Gasteiger partial charge is 0.473 e. The van der Waals surface area contributed by atoms with Crippen molar-refractivity contribution in [3.63, 3.8) is 0 Å². The van der Waals surface area contributed by atoms with Crippen molar-refractivity contribution in [3.05, 3.63) is 68.6 Å². The van der Waals surface area contributed by atoms with Crippen LogP contribution >= 0.6 is 50.4 Å². The van der Waals surface area contributed by atoms with Crippen LogP contribution in [0, 0.1) is 6.92 Å². The van der Waals surface area contributed by atoms with Crippen LogP contribution in [-0.4, -0.2) is 32.9 Å². The molecule has 0 saturated carbocycles. The van der Waals surface area contributed by atoms with E-state index in [1.807, 2.05) is 67.2 Å². The number of aromatic nitrogens is 4. The highest BCUT2D eigenvalue weighted by molar-refractivity contribution is 9.10. The molecule has 11 heteroatoms. The lowest BCUT2D eigenvalue weighted by Gasteiger charge is -2.10. The molecule has 0 radical (unpaired) electrons. The van der Waals surface area contributed by atoms with Crippen molar-refractivity contribution < 1.29 is 9.47 Å². The standard InChI is InChI=1S/C22H22BrN5O2S3/c1-3-31-18(12-19-25-28-22(32-19)30-17-10-6-15(23)7-11-17)20-26-27-21(33-20)24-13-29-16-8-4-14(2)5-9-16/h4-11,18H,3,12-13H2,1-2H3,(H,24,27). The molecule has 1 atom stereocenters. The smallest absolute Gasteiger partial charge is 0.299 e. The third-order valence-electron chi connectivity index (χ3n) is 4.39. The summed E-state index contributed by atoms with van der Waals surface area (Å²) in [7, 11) is 0. The Labute approximate surface area is 213 Å². The van der Waals surface area contributed by atoms with Crippen LogP contribution in [0.2, 0.25) is 0 Å². The maximum absolute atomic E-state index is 5.82. The number of hydrogen-bond donors (Lipinski definition) is 1. The fourth-order valence-electron chi connectivity index (χ4n) is 2.79. The Morgan fingerprint density at radius 3 is 2.48 bits per heavy atom. The van der Waals surface area contributed by atoms with Crippen molar-refractivity contribution in [2.75, 3.05) is 17.8 Å². The molecule has 0 fully saturated rings. The molecular weight excluding hydrogens is 542 g/mol. The van der Waals surface area contributed by atoms with Crippen molar-refractivity contribution in [1.29, 1.82) is 0 Å². The Hall–Kier alpha value is -2.21. The summed E-state index contributed by atoms with van der Waals surface area (Å²) >= 11 is 8.23. The van der Waals surface area contributed by atoms with Crippen LogP contribution in [0.15, 0.2) is 53.0 Å². The summed E-state index contributed by atoms with van der Waals surface area (Å²) in [5.74, 6) is 2.51. The van der Waals surface area contributed by atoms with Crippen LogP contribution in [0.3, 0.4) is 0 Å². The van der Waals surface area contributed by atoms with Gasteiger partial charge < -0.3 is 14.8 Å². The van der Waals surface area contributed by atoms with Crippen molar-refractivity contribution in [1.82, 2.24) is 20.4 Å². The molecule has 4 rings (SSSR count). The van der Waals surface area contributed by atoms with Gasteiger partial charge in [-0.05, 0) is 49.1 Å². The van der Waals surface area contributed by atoms with E-state index in [9.17, 15) is 0 Å². The van der Waals surface area contributed by atoms with Crippen LogP contribution in [0.25, 0.3) is 0 Å². The molecule has 0 amide bonds. The van der Waals surface area contributed by atoms with Gasteiger partial charge in [-0.25, -0.2) is 0 Å². The Balaban J connectivity index is 1.33. The topological polar surface area (TPSA) is 82.1 Å². The fourth-order valence-corrected chi connectivity index (χ4v) is 5.84. The Bertz CT molecular complexity index is 1150. The van der Waals surface area contributed by atoms with Crippen LogP contribution in [0.5, 0.6) is 16.7 Å². The molecule has 172 valence electrons. The summed E-state index contributed by atoms with van der Waals surface area (Å²) in [6, 6.07) is 15.6. The second-order valence-electron chi connectivity index (χ2n) is 6.89. The van der Waals surface area contributed by atoms with E-state index >= 15 is 0 Å². The van der Waals surface area contributed by atoms with Gasteiger partial charge in [0.25, 0.3) is 5.19 Å². The minimum atomic E-state index is 0.148. The molecule has 33 heavy (non-hydrogen) atoms. The van der Waals surface area contributed by atoms with Gasteiger partial charge in [0.05, 0.1) is 5.25 Å². The van der Waals surface area contributed by atoms with E-state index < -0.39 is 0 Å². The second-order valence-corrected chi connectivity index (χ2v) is 11.3. The Morgan fingerprint density at radius 2 is 1.73 bits per heavy atom. The molecule has 0 spiro atoms. The van der Waals surface area contributed by atoms with Gasteiger partial charge in [-0.2, -0.15) is 11.8 Å². The quantitative estimate of drug-likeness (QED) is 0.201. The van der Waals surface area contributed by atoms with Crippen molar-refractivity contribution in [3.8, 4) is 16.7 Å². The molecule has 7 nitrogen and oxygen atoms in total. The molecule has 0 aliphatic heterocycles. The summed E-state index contributed by atoms with van der Waals surface area (Å²) in [4.78, 5) is 0. The predicted octanol–water partition coefficient (Wildman–Crippen LogP) is 6.74. The van der Waals surface area contributed by atoms with Crippen LogP contribution in [-0.2, 0) is 6.42 Å². The first-order valence-corrected chi connectivity index (χ1v) is 13.7. The number of aryl methyl sites for hydroxylation is 1. The number of nitrogens with zero attached hydrogens (tertiary/aromatic N) is 4. The van der Waals surface area contributed by atoms with E-state index in [2.05, 4.69) is 48.6 Å². The van der Waals surface area contributed by atoms with Gasteiger partial charge in [-0.15, -0.1) is 15.3 Å². The lowest BCUT2D eigenvalue weighted by molar-refractivity contribution is 0.346. The zero-order valence-electron chi connectivity index (χ0n) is 18.0. The SMILES string of the molecule is CCSC(Cc1nnc(Oc2ccc(Br)cc2)s1)c1nnc(NCOc2ccc(C)cc2)s1. The van der Waals surface area contributed by atoms with Gasteiger partial charge in [0.15, 0.2) is 6.73 Å². The van der Waals surface area contributed by atoms with Crippen molar-refractivity contribution in [2.45, 2.75) is 25.5 Å². The third-order valence-corrected chi connectivity index (χ3v) is 8.02. The third kappa shape index (κ3) is 7.13. The molecule has 0 bridgehead atoms. The summed E-state index contributed by atoms with van der Waals surface area (Å²) in [5, 5.41) is 23.6. The highest BCUT2D eigenvalue weighted by Crippen LogP contribution is 2.37. The van der Waals surface area contributed by atoms with Gasteiger partial charge in [0.1, 0.15) is 21.5 Å². The van der Waals surface area contributed by atoms with Crippen LogP contribution in [0.1, 0.15) is 27.8 Å². The number of halogens is 1. The lowest BCUT2D eigenvalue weighted by atomic mass is 10.2. The number of rotatable bonds is 11. The Morgan fingerprint density at radius 1 is 0.970 bits per heavy atom. The van der Waals surface area contributed by atoms with E-state index in [-0.39, 0.29) is 5.25 Å². The first-order valence-electron chi connectivity index (χ1n) is 10.2. The zero-order valence-corrected chi connectivity index (χ0v) is 22.1. The van der Waals surface area contributed by atoms with Gasteiger partial charge in [0.2, 0.25) is 5.13 Å². The fraction of sp³-hybridized carbons (Fsp3) is 0.273. The molecule has 2 heterocycles. The normalized spacial score (nSPS) is 11.8. The zero-order chi connectivity index (χ0) is 23.0. The molecule has 0 aliphatic carbocycles. The maximum atomic E-state index is 5.82. The summed E-state index contributed by atoms with van der Waals surface area (Å²) in [6.45, 7) is 4.51. The molecule has 2 aromatic heterocycles. The summed E-state index contributed by atoms with van der Waals surface area (Å²) in [5.41, 5.74) is 1.20. The van der Waals surface area contributed by atoms with E-state index in [4.69, 9.17) is 9.47 Å². The number of anilines is 1. The lowest BCUT2D eigenvalue weighted by Crippen LogP contribution is -2.08. The molecule has 4 aromatic rings. The molecule has 0 aliphatic rings. The van der Waals surface area contributed by atoms with Crippen molar-refractivity contribution >= 4 is 55.5 Å². The van der Waals surface area contributed by atoms with Crippen molar-refractivity contribution in [2.24, 2.45) is 0 Å². The maximum Gasteiger partial charge on any atom is 0.299 e. The number of ether oxygens (including phenoxy) is 2. The highest BCUT2D eigenvalue weighted by Gasteiger charge is 2.20. The molecule has 1 N–H and O–H groups in total. The monoisotopic (exact) mass is 563 g/mol. The highest BCUT2D eigenvalue weighted by atomic mass is 79.9. The van der Waals surface area contributed by atoms with Gasteiger partial charge in [-0.1, -0.05) is 68.3 Å². The molecule has 1 unspecified atom stereocenters. The number of thioether (sulfide) groups is 1. The summed E-state index contributed by atoms with van der Waals surface area (Å²) < 4.78 is 12.5. The molecular formula is C22H22BrN5O2S3.